The van der Waals surface area contributed by atoms with Crippen molar-refractivity contribution in [3.05, 3.63) is 76.7 Å². The number of amides is 1. The minimum Gasteiger partial charge on any atom is -0.353 e. The lowest BCUT2D eigenvalue weighted by molar-refractivity contribution is -0.143. The van der Waals surface area contributed by atoms with Gasteiger partial charge in [-0.1, -0.05) is 6.07 Å². The molecular formula is C31H32F7N3O3S. The summed E-state index contributed by atoms with van der Waals surface area (Å²) in [5, 5.41) is 0. The number of likely N-dealkylation sites (N-methyl/N-ethyl adjacent to an activating group) is 1. The maximum atomic E-state index is 14.1. The van der Waals surface area contributed by atoms with E-state index in [9.17, 15) is 43.9 Å². The highest BCUT2D eigenvalue weighted by Crippen LogP contribution is 2.41. The summed E-state index contributed by atoms with van der Waals surface area (Å²) in [5.74, 6) is -1.06. The minimum atomic E-state index is -5.10. The number of carbonyl (C=O) groups excluding carboxylic acids is 1. The zero-order valence-electron chi connectivity index (χ0n) is 25.1. The van der Waals surface area contributed by atoms with Crippen molar-refractivity contribution >= 4 is 27.2 Å². The molecule has 3 aromatic rings. The Labute approximate surface area is 256 Å². The summed E-state index contributed by atoms with van der Waals surface area (Å²) in [6, 6.07) is 6.29. The Morgan fingerprint density at radius 1 is 0.956 bits per heavy atom. The number of sulfone groups is 1. The van der Waals surface area contributed by atoms with Crippen LogP contribution < -0.4 is 9.80 Å². The Morgan fingerprint density at radius 3 is 2.07 bits per heavy atom. The van der Waals surface area contributed by atoms with Crippen molar-refractivity contribution in [3.8, 4) is 11.1 Å². The summed E-state index contributed by atoms with van der Waals surface area (Å²) in [6.45, 7) is 4.60. The van der Waals surface area contributed by atoms with Gasteiger partial charge in [0.25, 0.3) is 0 Å². The fourth-order valence-corrected chi connectivity index (χ4v) is 6.68. The summed E-state index contributed by atoms with van der Waals surface area (Å²) in [7, 11) is -2.00. The first kappa shape index (κ1) is 34.2. The third-order valence-electron chi connectivity index (χ3n) is 8.02. The zero-order valence-corrected chi connectivity index (χ0v) is 26.0. The Bertz CT molecular complexity index is 1690. The second kappa shape index (κ2) is 11.9. The van der Waals surface area contributed by atoms with Crippen LogP contribution in [-0.2, 0) is 32.4 Å². The number of rotatable bonds is 7. The Balaban J connectivity index is 1.83. The monoisotopic (exact) mass is 659 g/mol. The lowest BCUT2D eigenvalue weighted by Gasteiger charge is -2.32. The molecule has 0 unspecified atom stereocenters. The summed E-state index contributed by atoms with van der Waals surface area (Å²) >= 11 is 0. The summed E-state index contributed by atoms with van der Waals surface area (Å²) < 4.78 is 120. The fraction of sp³-hybridized carbons (Fsp3) is 0.419. The maximum absolute atomic E-state index is 14.1. The normalized spacial score (nSPS) is 16.3. The molecule has 1 aliphatic rings. The van der Waals surface area contributed by atoms with E-state index in [0.717, 1.165) is 11.2 Å². The molecule has 1 aliphatic heterocycles. The molecule has 0 radical (unpaired) electrons. The van der Waals surface area contributed by atoms with Gasteiger partial charge in [-0.25, -0.2) is 17.8 Å². The SMILES string of the molecule is Cc1cc(F)ccc1-c1cc(N2CCC[C@H]2CS(C)(=O)=O)ncc1N(C)C(=O)C(C)(C)c1cc(C(F)(F)F)cc(C(F)(F)F)c1. The van der Waals surface area contributed by atoms with Crippen LogP contribution in [0.15, 0.2) is 48.7 Å². The number of alkyl halides is 6. The maximum Gasteiger partial charge on any atom is 0.416 e. The molecule has 6 nitrogen and oxygen atoms in total. The number of pyridine rings is 1. The predicted molar refractivity (Wildman–Crippen MR) is 157 cm³/mol. The van der Waals surface area contributed by atoms with E-state index in [1.165, 1.54) is 45.3 Å². The summed E-state index contributed by atoms with van der Waals surface area (Å²) in [5.41, 5.74) is -3.94. The van der Waals surface area contributed by atoms with Crippen molar-refractivity contribution in [1.29, 1.82) is 0 Å². The molecule has 2 aromatic carbocycles. The Hall–Kier alpha value is -3.68. The molecule has 45 heavy (non-hydrogen) atoms. The molecule has 0 saturated carbocycles. The van der Waals surface area contributed by atoms with Gasteiger partial charge in [-0.15, -0.1) is 0 Å². The van der Waals surface area contributed by atoms with E-state index in [-0.39, 0.29) is 23.5 Å². The van der Waals surface area contributed by atoms with Crippen molar-refractivity contribution in [2.24, 2.45) is 0 Å². The molecule has 1 amide bonds. The number of hydrogen-bond acceptors (Lipinski definition) is 5. The predicted octanol–water partition coefficient (Wildman–Crippen LogP) is 7.19. The van der Waals surface area contributed by atoms with Crippen LogP contribution in [0.25, 0.3) is 11.1 Å². The average Bonchev–Trinajstić information content (AvgIpc) is 3.37. The highest BCUT2D eigenvalue weighted by atomic mass is 32.2. The van der Waals surface area contributed by atoms with Crippen molar-refractivity contribution in [3.63, 3.8) is 0 Å². The number of hydrogen-bond donors (Lipinski definition) is 0. The minimum absolute atomic E-state index is 0.00122. The number of halogens is 7. The molecule has 1 saturated heterocycles. The Kier molecular flexibility index (Phi) is 9.06. The molecule has 1 aromatic heterocycles. The fourth-order valence-electron chi connectivity index (χ4n) is 5.63. The van der Waals surface area contributed by atoms with Gasteiger partial charge < -0.3 is 9.80 Å². The summed E-state index contributed by atoms with van der Waals surface area (Å²) in [4.78, 5) is 21.4. The average molecular weight is 660 g/mol. The smallest absolute Gasteiger partial charge is 0.353 e. The molecular weight excluding hydrogens is 627 g/mol. The quantitative estimate of drug-likeness (QED) is 0.251. The molecule has 0 spiro atoms. The van der Waals surface area contributed by atoms with Crippen molar-refractivity contribution in [2.45, 2.75) is 57.4 Å². The van der Waals surface area contributed by atoms with Crippen LogP contribution >= 0.6 is 0 Å². The van der Waals surface area contributed by atoms with Gasteiger partial charge in [0.1, 0.15) is 21.5 Å². The van der Waals surface area contributed by atoms with Crippen molar-refractivity contribution < 1.29 is 43.9 Å². The molecule has 244 valence electrons. The number of aryl methyl sites for hydroxylation is 1. The van der Waals surface area contributed by atoms with Gasteiger partial charge in [-0.2, -0.15) is 26.3 Å². The van der Waals surface area contributed by atoms with Crippen LogP contribution in [0.1, 0.15) is 48.9 Å². The number of aromatic nitrogens is 1. The lowest BCUT2D eigenvalue weighted by Crippen LogP contribution is -2.42. The lowest BCUT2D eigenvalue weighted by atomic mass is 9.81. The van der Waals surface area contributed by atoms with Crippen LogP contribution in [0, 0.1) is 12.7 Å². The van der Waals surface area contributed by atoms with E-state index in [4.69, 9.17) is 0 Å². The van der Waals surface area contributed by atoms with Gasteiger partial charge >= 0.3 is 12.4 Å². The van der Waals surface area contributed by atoms with Gasteiger partial charge in [-0.05, 0) is 86.7 Å². The third-order valence-corrected chi connectivity index (χ3v) is 9.01. The topological polar surface area (TPSA) is 70.6 Å². The number of benzene rings is 2. The van der Waals surface area contributed by atoms with E-state index in [0.29, 0.717) is 54.0 Å². The number of nitrogens with zero attached hydrogens (tertiary/aromatic N) is 3. The largest absolute Gasteiger partial charge is 0.416 e. The van der Waals surface area contributed by atoms with Gasteiger partial charge in [0, 0.05) is 31.5 Å². The molecule has 2 heterocycles. The van der Waals surface area contributed by atoms with E-state index >= 15 is 0 Å². The van der Waals surface area contributed by atoms with E-state index < -0.39 is 56.0 Å². The highest BCUT2D eigenvalue weighted by molar-refractivity contribution is 7.90. The first-order valence-corrected chi connectivity index (χ1v) is 15.9. The molecule has 0 bridgehead atoms. The summed E-state index contributed by atoms with van der Waals surface area (Å²) in [6.07, 6.45) is -6.41. The Morgan fingerprint density at radius 2 is 1.53 bits per heavy atom. The molecule has 0 N–H and O–H groups in total. The van der Waals surface area contributed by atoms with E-state index in [1.54, 1.807) is 13.0 Å². The number of carbonyl (C=O) groups is 1. The van der Waals surface area contributed by atoms with Crippen LogP contribution in [0.5, 0.6) is 0 Å². The van der Waals surface area contributed by atoms with Crippen molar-refractivity contribution in [1.82, 2.24) is 4.98 Å². The van der Waals surface area contributed by atoms with E-state index in [1.807, 2.05) is 4.90 Å². The van der Waals surface area contributed by atoms with Crippen LogP contribution in [-0.4, -0.2) is 51.0 Å². The second-order valence-electron chi connectivity index (χ2n) is 11.9. The first-order chi connectivity index (χ1) is 20.6. The number of anilines is 2. The first-order valence-electron chi connectivity index (χ1n) is 13.9. The molecule has 4 rings (SSSR count). The van der Waals surface area contributed by atoms with Gasteiger partial charge in [0.2, 0.25) is 5.91 Å². The zero-order chi connectivity index (χ0) is 33.7. The third kappa shape index (κ3) is 7.42. The van der Waals surface area contributed by atoms with Crippen LogP contribution in [0.3, 0.4) is 0 Å². The van der Waals surface area contributed by atoms with Crippen molar-refractivity contribution in [2.75, 3.05) is 35.4 Å². The highest BCUT2D eigenvalue weighted by Gasteiger charge is 2.41. The van der Waals surface area contributed by atoms with E-state index in [2.05, 4.69) is 4.98 Å². The van der Waals surface area contributed by atoms with Gasteiger partial charge in [0.15, 0.2) is 0 Å². The molecule has 0 aliphatic carbocycles. The molecule has 14 heteroatoms. The standard InChI is InChI=1S/C31H32F7N3O3S/c1-18-11-22(32)8-9-24(18)25-15-27(41-10-6-7-23(41)17-45(5,43)44)39-16-26(25)40(4)28(42)29(2,3)19-12-20(30(33,34)35)14-21(13-19)31(36,37)38/h8-9,11-16,23H,6-7,10,17H2,1-5H3/t23-/m0/s1. The second-order valence-corrected chi connectivity index (χ2v) is 14.1. The van der Waals surface area contributed by atoms with Gasteiger partial charge in [-0.3, -0.25) is 4.79 Å². The van der Waals surface area contributed by atoms with Crippen LogP contribution in [0.4, 0.5) is 42.2 Å². The van der Waals surface area contributed by atoms with Gasteiger partial charge in [0.05, 0.1) is 34.2 Å². The molecule has 1 fully saturated rings. The van der Waals surface area contributed by atoms with Crippen LogP contribution in [0.2, 0.25) is 0 Å². The molecule has 1 atom stereocenters.